The molecule has 180 valence electrons. The van der Waals surface area contributed by atoms with E-state index in [0.29, 0.717) is 49.8 Å². The van der Waals surface area contributed by atoms with Crippen LogP contribution in [0, 0.1) is 18.8 Å². The molecule has 0 radical (unpaired) electrons. The van der Waals surface area contributed by atoms with Crippen LogP contribution in [0.3, 0.4) is 0 Å². The third-order valence-electron chi connectivity index (χ3n) is 6.61. The third kappa shape index (κ3) is 6.44. The zero-order chi connectivity index (χ0) is 24.0. The van der Waals surface area contributed by atoms with Gasteiger partial charge in [0.25, 0.3) is 5.91 Å². The van der Waals surface area contributed by atoms with Crippen LogP contribution in [0.1, 0.15) is 68.0 Å². The van der Waals surface area contributed by atoms with Crippen LogP contribution in [-0.4, -0.2) is 52.4 Å². The Balaban J connectivity index is 1.70. The van der Waals surface area contributed by atoms with Crippen molar-refractivity contribution in [2.24, 2.45) is 11.8 Å². The number of carbonyl (C=O) groups excluding carboxylic acids is 2. The number of aryl methyl sites for hydroxylation is 1. The van der Waals surface area contributed by atoms with Crippen molar-refractivity contribution in [1.82, 2.24) is 14.8 Å². The van der Waals surface area contributed by atoms with Gasteiger partial charge < -0.3 is 14.1 Å². The van der Waals surface area contributed by atoms with E-state index in [1.165, 1.54) is 17.4 Å². The normalized spacial score (nSPS) is 17.4. The summed E-state index contributed by atoms with van der Waals surface area (Å²) < 4.78 is 10.9. The Kier molecular flexibility index (Phi) is 8.67. The number of benzene rings is 1. The smallest absolute Gasteiger partial charge is 0.310 e. The first-order valence-corrected chi connectivity index (χ1v) is 12.0. The van der Waals surface area contributed by atoms with E-state index in [1.807, 2.05) is 6.07 Å². The number of hydrogen-bond donors (Lipinski definition) is 0. The highest BCUT2D eigenvalue weighted by Crippen LogP contribution is 2.22. The lowest BCUT2D eigenvalue weighted by atomic mass is 9.98. The predicted octanol–water partition coefficient (Wildman–Crippen LogP) is 4.45. The van der Waals surface area contributed by atoms with Crippen molar-refractivity contribution in [3.8, 4) is 0 Å². The fraction of sp³-hybridized carbons (Fsp3) is 0.577. The van der Waals surface area contributed by atoms with E-state index >= 15 is 0 Å². The maximum atomic E-state index is 13.0. The molecule has 0 aliphatic carbocycles. The van der Waals surface area contributed by atoms with E-state index in [4.69, 9.17) is 9.15 Å². The van der Waals surface area contributed by atoms with Gasteiger partial charge in [0.2, 0.25) is 5.89 Å². The number of aromatic nitrogens is 1. The molecule has 0 spiro atoms. The van der Waals surface area contributed by atoms with Crippen molar-refractivity contribution in [2.45, 2.75) is 66.6 Å². The fourth-order valence-corrected chi connectivity index (χ4v) is 4.20. The maximum Gasteiger partial charge on any atom is 0.310 e. The van der Waals surface area contributed by atoms with Crippen molar-refractivity contribution in [2.75, 3.05) is 19.7 Å². The number of oxazole rings is 1. The second-order valence-electron chi connectivity index (χ2n) is 9.28. The Morgan fingerprint density at radius 1 is 1.24 bits per heavy atom. The molecule has 3 rings (SSSR count). The zero-order valence-corrected chi connectivity index (χ0v) is 20.5. The van der Waals surface area contributed by atoms with Gasteiger partial charge in [0.05, 0.1) is 19.1 Å². The van der Waals surface area contributed by atoms with Crippen LogP contribution in [0.2, 0.25) is 0 Å². The van der Waals surface area contributed by atoms with E-state index in [9.17, 15) is 9.59 Å². The van der Waals surface area contributed by atoms with Crippen molar-refractivity contribution in [3.63, 3.8) is 0 Å². The average molecular weight is 456 g/mol. The molecule has 7 nitrogen and oxygen atoms in total. The van der Waals surface area contributed by atoms with Crippen molar-refractivity contribution < 1.29 is 18.7 Å². The topological polar surface area (TPSA) is 75.9 Å². The summed E-state index contributed by atoms with van der Waals surface area (Å²) in [6.45, 7) is 13.2. The van der Waals surface area contributed by atoms with Crippen LogP contribution in [0.25, 0.3) is 0 Å². The summed E-state index contributed by atoms with van der Waals surface area (Å²) in [5.74, 6) is 0.286. The summed E-state index contributed by atoms with van der Waals surface area (Å²) in [5.41, 5.74) is 2.82. The number of amides is 1. The Bertz CT molecular complexity index is 939. The molecule has 1 fully saturated rings. The standard InChI is InChI=1S/C26H37N3O4/c1-6-32-26(31)22-12-9-13-28(15-22)25(30)23-17-33-24(27-23)16-29(20(5)18(2)3)14-21-11-8-7-10-19(21)4/h7-8,10-11,17-18,20,22H,6,9,12-16H2,1-5H3. The predicted molar refractivity (Wildman–Crippen MR) is 126 cm³/mol. The van der Waals surface area contributed by atoms with Gasteiger partial charge in [-0.15, -0.1) is 0 Å². The van der Waals surface area contributed by atoms with Crippen LogP contribution in [0.5, 0.6) is 0 Å². The molecule has 2 heterocycles. The molecule has 2 aromatic rings. The summed E-state index contributed by atoms with van der Waals surface area (Å²) in [6.07, 6.45) is 2.96. The van der Waals surface area contributed by atoms with Crippen LogP contribution in [-0.2, 0) is 22.6 Å². The molecule has 1 amide bonds. The molecule has 1 aliphatic heterocycles. The number of ether oxygens (including phenoxy) is 1. The Morgan fingerprint density at radius 2 is 2.00 bits per heavy atom. The number of carbonyl (C=O) groups is 2. The van der Waals surface area contributed by atoms with Gasteiger partial charge in [0.15, 0.2) is 5.69 Å². The van der Waals surface area contributed by atoms with Gasteiger partial charge in [-0.05, 0) is 50.7 Å². The molecule has 0 saturated carbocycles. The molecule has 1 aromatic carbocycles. The van der Waals surface area contributed by atoms with E-state index in [2.05, 4.69) is 55.8 Å². The monoisotopic (exact) mass is 455 g/mol. The highest BCUT2D eigenvalue weighted by molar-refractivity contribution is 5.92. The molecule has 1 saturated heterocycles. The molecule has 2 atom stereocenters. The molecule has 1 aliphatic rings. The maximum absolute atomic E-state index is 13.0. The van der Waals surface area contributed by atoms with E-state index < -0.39 is 0 Å². The van der Waals surface area contributed by atoms with Gasteiger partial charge in [-0.25, -0.2) is 4.98 Å². The van der Waals surface area contributed by atoms with Crippen LogP contribution >= 0.6 is 0 Å². The van der Waals surface area contributed by atoms with E-state index in [1.54, 1.807) is 11.8 Å². The molecule has 2 unspecified atom stereocenters. The van der Waals surface area contributed by atoms with Gasteiger partial charge in [-0.2, -0.15) is 0 Å². The van der Waals surface area contributed by atoms with Crippen LogP contribution < -0.4 is 0 Å². The molecular weight excluding hydrogens is 418 g/mol. The highest BCUT2D eigenvalue weighted by Gasteiger charge is 2.31. The van der Waals surface area contributed by atoms with E-state index in [0.717, 1.165) is 19.4 Å². The summed E-state index contributed by atoms with van der Waals surface area (Å²) in [4.78, 5) is 33.7. The van der Waals surface area contributed by atoms with Crippen LogP contribution in [0.4, 0.5) is 0 Å². The van der Waals surface area contributed by atoms with Crippen molar-refractivity contribution in [3.05, 3.63) is 53.2 Å². The first-order valence-electron chi connectivity index (χ1n) is 12.0. The molecular formula is C26H37N3O4. The zero-order valence-electron chi connectivity index (χ0n) is 20.5. The molecule has 7 heteroatoms. The number of likely N-dealkylation sites (tertiary alicyclic amines) is 1. The average Bonchev–Trinajstić information content (AvgIpc) is 3.27. The second-order valence-corrected chi connectivity index (χ2v) is 9.28. The van der Waals surface area contributed by atoms with Crippen molar-refractivity contribution in [1.29, 1.82) is 0 Å². The largest absolute Gasteiger partial charge is 0.466 e. The Labute approximate surface area is 197 Å². The number of nitrogens with zero attached hydrogens (tertiary/aromatic N) is 3. The minimum Gasteiger partial charge on any atom is -0.466 e. The van der Waals surface area contributed by atoms with Crippen LogP contribution in [0.15, 0.2) is 34.9 Å². The summed E-state index contributed by atoms with van der Waals surface area (Å²) in [7, 11) is 0. The van der Waals surface area contributed by atoms with E-state index in [-0.39, 0.29) is 17.8 Å². The number of esters is 1. The highest BCUT2D eigenvalue weighted by atomic mass is 16.5. The van der Waals surface area contributed by atoms with Gasteiger partial charge in [-0.3, -0.25) is 14.5 Å². The lowest BCUT2D eigenvalue weighted by Gasteiger charge is -2.31. The van der Waals surface area contributed by atoms with Gasteiger partial charge in [-0.1, -0.05) is 38.1 Å². The van der Waals surface area contributed by atoms with Crippen molar-refractivity contribution >= 4 is 11.9 Å². The summed E-state index contributed by atoms with van der Waals surface area (Å²) >= 11 is 0. The minimum atomic E-state index is -0.273. The Hall–Kier alpha value is -2.67. The summed E-state index contributed by atoms with van der Waals surface area (Å²) in [6, 6.07) is 8.69. The summed E-state index contributed by atoms with van der Waals surface area (Å²) in [5, 5.41) is 0. The lowest BCUT2D eigenvalue weighted by molar-refractivity contribution is -0.149. The lowest BCUT2D eigenvalue weighted by Crippen LogP contribution is -2.43. The van der Waals surface area contributed by atoms with Gasteiger partial charge >= 0.3 is 5.97 Å². The number of piperidine rings is 1. The van der Waals surface area contributed by atoms with Gasteiger partial charge in [0, 0.05) is 25.7 Å². The molecule has 0 N–H and O–H groups in total. The SMILES string of the molecule is CCOC(=O)C1CCCN(C(=O)c2coc(CN(Cc3ccccc3C)C(C)C(C)C)n2)C1. The second kappa shape index (κ2) is 11.5. The molecule has 33 heavy (non-hydrogen) atoms. The third-order valence-corrected chi connectivity index (χ3v) is 6.61. The quantitative estimate of drug-likeness (QED) is 0.520. The fourth-order valence-electron chi connectivity index (χ4n) is 4.20. The first kappa shape index (κ1) is 25.0. The first-order chi connectivity index (χ1) is 15.8. The molecule has 0 bridgehead atoms. The number of rotatable bonds is 9. The minimum absolute atomic E-state index is 0.193. The number of hydrogen-bond acceptors (Lipinski definition) is 6. The molecule has 1 aromatic heterocycles. The Morgan fingerprint density at radius 3 is 2.70 bits per heavy atom. The van der Waals surface area contributed by atoms with Gasteiger partial charge in [0.1, 0.15) is 6.26 Å².